The van der Waals surface area contributed by atoms with Crippen molar-refractivity contribution >= 4 is 17.7 Å². The molecule has 1 aromatic carbocycles. The predicted molar refractivity (Wildman–Crippen MR) is 87.6 cm³/mol. The fourth-order valence-corrected chi connectivity index (χ4v) is 3.16. The third kappa shape index (κ3) is 3.50. The molecule has 0 atom stereocenters. The molecular formula is C16H19N3O3S. The highest BCUT2D eigenvalue weighted by Crippen LogP contribution is 2.31. The molecular weight excluding hydrogens is 314 g/mol. The molecule has 0 N–H and O–H groups in total. The van der Waals surface area contributed by atoms with Crippen molar-refractivity contribution in [2.45, 2.75) is 25.5 Å². The van der Waals surface area contributed by atoms with Crippen molar-refractivity contribution in [2.24, 2.45) is 0 Å². The van der Waals surface area contributed by atoms with Crippen LogP contribution in [0, 0.1) is 0 Å². The Kier molecular flexibility index (Phi) is 4.85. The van der Waals surface area contributed by atoms with Gasteiger partial charge in [0.05, 0.1) is 12.4 Å². The van der Waals surface area contributed by atoms with E-state index in [0.717, 1.165) is 29.9 Å². The molecule has 2 heterocycles. The Balaban J connectivity index is 1.65. The molecule has 0 spiro atoms. The zero-order valence-corrected chi connectivity index (χ0v) is 14.1. The molecule has 0 aliphatic carbocycles. The Morgan fingerprint density at radius 2 is 2.13 bits per heavy atom. The summed E-state index contributed by atoms with van der Waals surface area (Å²) >= 11 is 1.27. The molecule has 0 unspecified atom stereocenters. The van der Waals surface area contributed by atoms with Gasteiger partial charge in [0.15, 0.2) is 0 Å². The summed E-state index contributed by atoms with van der Waals surface area (Å²) in [7, 11) is 0. The van der Waals surface area contributed by atoms with E-state index in [9.17, 15) is 4.79 Å². The maximum Gasteiger partial charge on any atom is 0.277 e. The molecule has 7 heteroatoms. The van der Waals surface area contributed by atoms with Crippen LogP contribution in [0.25, 0.3) is 11.5 Å². The first-order valence-corrected chi connectivity index (χ1v) is 8.70. The van der Waals surface area contributed by atoms with Crippen LogP contribution >= 0.6 is 11.8 Å². The van der Waals surface area contributed by atoms with Crippen LogP contribution in [-0.2, 0) is 11.2 Å². The first-order valence-electron chi connectivity index (χ1n) is 7.71. The number of ether oxygens (including phenoxy) is 1. The van der Waals surface area contributed by atoms with Gasteiger partial charge < -0.3 is 14.1 Å². The van der Waals surface area contributed by atoms with Crippen molar-refractivity contribution in [1.29, 1.82) is 0 Å². The number of hydrogen-bond acceptors (Lipinski definition) is 6. The molecule has 122 valence electrons. The average Bonchev–Trinajstić information content (AvgIpc) is 3.22. The predicted octanol–water partition coefficient (Wildman–Crippen LogP) is 2.63. The van der Waals surface area contributed by atoms with Crippen LogP contribution in [0.4, 0.5) is 0 Å². The van der Waals surface area contributed by atoms with Gasteiger partial charge in [0.1, 0.15) is 5.75 Å². The van der Waals surface area contributed by atoms with Crippen LogP contribution < -0.4 is 4.74 Å². The molecule has 2 aromatic rings. The van der Waals surface area contributed by atoms with Gasteiger partial charge in [0.2, 0.25) is 11.8 Å². The van der Waals surface area contributed by atoms with E-state index in [1.165, 1.54) is 11.8 Å². The second kappa shape index (κ2) is 7.04. The van der Waals surface area contributed by atoms with Gasteiger partial charge in [-0.05, 0) is 37.6 Å². The zero-order chi connectivity index (χ0) is 16.2. The molecule has 0 saturated carbocycles. The van der Waals surface area contributed by atoms with Crippen molar-refractivity contribution in [3.05, 3.63) is 23.8 Å². The minimum atomic E-state index is 0.0782. The van der Waals surface area contributed by atoms with Gasteiger partial charge in [0, 0.05) is 25.1 Å². The number of benzene rings is 1. The molecule has 0 fully saturated rings. The highest BCUT2D eigenvalue weighted by molar-refractivity contribution is 7.99. The van der Waals surface area contributed by atoms with Crippen LogP contribution in [0.15, 0.2) is 27.8 Å². The lowest BCUT2D eigenvalue weighted by molar-refractivity contribution is -0.127. The summed E-state index contributed by atoms with van der Waals surface area (Å²) in [6.07, 6.45) is 0.900. The van der Waals surface area contributed by atoms with Crippen molar-refractivity contribution in [3.8, 4) is 17.2 Å². The Hall–Kier alpha value is -2.02. The van der Waals surface area contributed by atoms with E-state index in [1.807, 2.05) is 32.0 Å². The molecule has 1 aliphatic rings. The van der Waals surface area contributed by atoms with E-state index in [-0.39, 0.29) is 5.91 Å². The molecule has 1 amide bonds. The number of carbonyl (C=O) groups excluding carboxylic acids is 1. The van der Waals surface area contributed by atoms with E-state index < -0.39 is 0 Å². The smallest absolute Gasteiger partial charge is 0.277 e. The minimum absolute atomic E-state index is 0.0782. The normalized spacial score (nSPS) is 12.8. The summed E-state index contributed by atoms with van der Waals surface area (Å²) in [5.74, 6) is 1.78. The molecule has 23 heavy (non-hydrogen) atoms. The SMILES string of the molecule is CCN(CC)C(=O)CSc1nnc(-c2ccc3c(c2)CCO3)o1. The lowest BCUT2D eigenvalue weighted by atomic mass is 10.1. The molecule has 1 aliphatic heterocycles. The maximum absolute atomic E-state index is 12.0. The molecule has 0 radical (unpaired) electrons. The third-order valence-electron chi connectivity index (χ3n) is 3.78. The summed E-state index contributed by atoms with van der Waals surface area (Å²) in [5.41, 5.74) is 2.04. The van der Waals surface area contributed by atoms with E-state index in [1.54, 1.807) is 4.90 Å². The molecule has 1 aromatic heterocycles. The Labute approximate surface area is 139 Å². The van der Waals surface area contributed by atoms with E-state index in [2.05, 4.69) is 10.2 Å². The number of carbonyl (C=O) groups is 1. The first kappa shape index (κ1) is 15.9. The number of rotatable bonds is 6. The standard InChI is InChI=1S/C16H19N3O3S/c1-3-19(4-2)14(20)10-23-16-18-17-15(22-16)12-5-6-13-11(9-12)7-8-21-13/h5-6,9H,3-4,7-8,10H2,1-2H3. The van der Waals surface area contributed by atoms with Gasteiger partial charge in [-0.2, -0.15) is 0 Å². The highest BCUT2D eigenvalue weighted by atomic mass is 32.2. The monoisotopic (exact) mass is 333 g/mol. The van der Waals surface area contributed by atoms with E-state index in [4.69, 9.17) is 9.15 Å². The molecule has 0 saturated heterocycles. The minimum Gasteiger partial charge on any atom is -0.493 e. The average molecular weight is 333 g/mol. The second-order valence-corrected chi connectivity index (χ2v) is 6.08. The first-order chi connectivity index (χ1) is 11.2. The molecule has 6 nitrogen and oxygen atoms in total. The van der Waals surface area contributed by atoms with Crippen LogP contribution in [0.1, 0.15) is 19.4 Å². The van der Waals surface area contributed by atoms with Crippen molar-refractivity contribution in [2.75, 3.05) is 25.4 Å². The highest BCUT2D eigenvalue weighted by Gasteiger charge is 2.17. The molecule has 3 rings (SSSR count). The van der Waals surface area contributed by atoms with Crippen LogP contribution in [0.5, 0.6) is 5.75 Å². The van der Waals surface area contributed by atoms with Gasteiger partial charge >= 0.3 is 0 Å². The fraction of sp³-hybridized carbons (Fsp3) is 0.438. The lowest BCUT2D eigenvalue weighted by Crippen LogP contribution is -2.31. The van der Waals surface area contributed by atoms with Crippen molar-refractivity contribution < 1.29 is 13.9 Å². The summed E-state index contributed by atoms with van der Waals surface area (Å²) in [6, 6.07) is 5.86. The topological polar surface area (TPSA) is 68.5 Å². The number of fused-ring (bicyclic) bond motifs is 1. The summed E-state index contributed by atoms with van der Waals surface area (Å²) < 4.78 is 11.1. The van der Waals surface area contributed by atoms with Crippen LogP contribution in [0.3, 0.4) is 0 Å². The Morgan fingerprint density at radius 3 is 2.91 bits per heavy atom. The van der Waals surface area contributed by atoms with Crippen molar-refractivity contribution in [3.63, 3.8) is 0 Å². The summed E-state index contributed by atoms with van der Waals surface area (Å²) in [4.78, 5) is 13.8. The van der Waals surface area contributed by atoms with Gasteiger partial charge in [0.25, 0.3) is 5.22 Å². The van der Waals surface area contributed by atoms with Crippen LogP contribution in [-0.4, -0.2) is 46.5 Å². The zero-order valence-electron chi connectivity index (χ0n) is 13.2. The lowest BCUT2D eigenvalue weighted by Gasteiger charge is -2.17. The largest absolute Gasteiger partial charge is 0.493 e. The maximum atomic E-state index is 12.0. The quantitative estimate of drug-likeness (QED) is 0.757. The van der Waals surface area contributed by atoms with Gasteiger partial charge in [-0.3, -0.25) is 4.79 Å². The number of nitrogens with zero attached hydrogens (tertiary/aromatic N) is 3. The van der Waals surface area contributed by atoms with Gasteiger partial charge in [-0.15, -0.1) is 10.2 Å². The number of hydrogen-bond donors (Lipinski definition) is 0. The number of thioether (sulfide) groups is 1. The van der Waals surface area contributed by atoms with Gasteiger partial charge in [-0.1, -0.05) is 11.8 Å². The van der Waals surface area contributed by atoms with Crippen LogP contribution in [0.2, 0.25) is 0 Å². The Morgan fingerprint density at radius 1 is 1.30 bits per heavy atom. The molecule has 0 bridgehead atoms. The summed E-state index contributed by atoms with van der Waals surface area (Å²) in [5, 5.41) is 8.50. The van der Waals surface area contributed by atoms with Crippen molar-refractivity contribution in [1.82, 2.24) is 15.1 Å². The number of amides is 1. The van der Waals surface area contributed by atoms with E-state index in [0.29, 0.717) is 30.0 Å². The van der Waals surface area contributed by atoms with Gasteiger partial charge in [-0.25, -0.2) is 0 Å². The fourth-order valence-electron chi connectivity index (χ4n) is 2.50. The second-order valence-electron chi connectivity index (χ2n) is 5.15. The number of aromatic nitrogens is 2. The van der Waals surface area contributed by atoms with E-state index >= 15 is 0 Å². The summed E-state index contributed by atoms with van der Waals surface area (Å²) in [6.45, 7) is 6.07. The Bertz CT molecular complexity index is 698. The third-order valence-corrected chi connectivity index (χ3v) is 4.58.